The van der Waals surface area contributed by atoms with Gasteiger partial charge in [0.1, 0.15) is 30.0 Å². The van der Waals surface area contributed by atoms with Gasteiger partial charge in [0.15, 0.2) is 17.3 Å². The molecule has 3 aliphatic heterocycles. The van der Waals surface area contributed by atoms with E-state index in [9.17, 15) is 4.79 Å². The van der Waals surface area contributed by atoms with E-state index in [1.54, 1.807) is 31.4 Å². The van der Waals surface area contributed by atoms with E-state index in [0.29, 0.717) is 40.9 Å². The minimum Gasteiger partial charge on any atom is -0.497 e. The Bertz CT molecular complexity index is 859. The maximum absolute atomic E-state index is 13.1. The number of ketones is 1. The molecule has 3 heterocycles. The standard InChI is InChI=1S/C18H14O6/c1-20-9-2-3-10-13(4-9)24-16-7-21-12-6-15-14(22-8-23-15)5-11(12)17(16)18(10)19/h2-6,16-17H,7-8H2,1H3/t16-,17+/m1/s1. The molecule has 0 aliphatic carbocycles. The van der Waals surface area contributed by atoms with Crippen LogP contribution in [0.1, 0.15) is 21.8 Å². The van der Waals surface area contributed by atoms with E-state index in [2.05, 4.69) is 0 Å². The third kappa shape index (κ3) is 1.79. The lowest BCUT2D eigenvalue weighted by Gasteiger charge is -2.37. The van der Waals surface area contributed by atoms with Crippen LogP contribution in [0.2, 0.25) is 0 Å². The van der Waals surface area contributed by atoms with E-state index in [0.717, 1.165) is 5.56 Å². The molecule has 2 atom stereocenters. The normalized spacial score (nSPS) is 22.6. The van der Waals surface area contributed by atoms with E-state index >= 15 is 0 Å². The molecule has 6 nitrogen and oxygen atoms in total. The van der Waals surface area contributed by atoms with Crippen LogP contribution in [0.3, 0.4) is 0 Å². The van der Waals surface area contributed by atoms with Gasteiger partial charge in [0, 0.05) is 17.7 Å². The fraction of sp³-hybridized carbons (Fsp3) is 0.278. The summed E-state index contributed by atoms with van der Waals surface area (Å²) in [4.78, 5) is 13.1. The Balaban J connectivity index is 1.62. The van der Waals surface area contributed by atoms with Gasteiger partial charge in [-0.1, -0.05) is 0 Å². The summed E-state index contributed by atoms with van der Waals surface area (Å²) in [7, 11) is 1.58. The second-order valence-electron chi connectivity index (χ2n) is 5.91. The van der Waals surface area contributed by atoms with Crippen molar-refractivity contribution in [2.24, 2.45) is 0 Å². The van der Waals surface area contributed by atoms with Crippen LogP contribution in [0.5, 0.6) is 28.7 Å². The first-order valence-electron chi connectivity index (χ1n) is 7.70. The molecule has 0 N–H and O–H groups in total. The largest absolute Gasteiger partial charge is 0.497 e. The van der Waals surface area contributed by atoms with Crippen molar-refractivity contribution in [1.82, 2.24) is 0 Å². The van der Waals surface area contributed by atoms with Gasteiger partial charge in [0.25, 0.3) is 0 Å². The van der Waals surface area contributed by atoms with Crippen molar-refractivity contribution < 1.29 is 28.5 Å². The molecule has 0 fully saturated rings. The molecule has 2 aromatic rings. The van der Waals surface area contributed by atoms with Crippen LogP contribution in [-0.4, -0.2) is 32.4 Å². The molecular weight excluding hydrogens is 312 g/mol. The van der Waals surface area contributed by atoms with Gasteiger partial charge in [-0.3, -0.25) is 4.79 Å². The Morgan fingerprint density at radius 2 is 1.83 bits per heavy atom. The lowest BCUT2D eigenvalue weighted by molar-refractivity contribution is 0.0559. The monoisotopic (exact) mass is 326 g/mol. The van der Waals surface area contributed by atoms with Crippen LogP contribution < -0.4 is 23.7 Å². The summed E-state index contributed by atoms with van der Waals surface area (Å²) < 4.78 is 27.8. The minimum absolute atomic E-state index is 0.0207. The number of Topliss-reactive ketones (excluding diaryl/α,β-unsaturated/α-hetero) is 1. The van der Waals surface area contributed by atoms with Crippen LogP contribution >= 0.6 is 0 Å². The fourth-order valence-corrected chi connectivity index (χ4v) is 3.45. The highest BCUT2D eigenvalue weighted by Crippen LogP contribution is 2.48. The molecule has 0 radical (unpaired) electrons. The highest BCUT2D eigenvalue weighted by molar-refractivity contribution is 6.05. The van der Waals surface area contributed by atoms with Gasteiger partial charge >= 0.3 is 0 Å². The van der Waals surface area contributed by atoms with Crippen LogP contribution in [0.25, 0.3) is 0 Å². The Morgan fingerprint density at radius 1 is 1.00 bits per heavy atom. The summed E-state index contributed by atoms with van der Waals surface area (Å²) in [6.45, 7) is 0.485. The lowest BCUT2D eigenvalue weighted by atomic mass is 9.82. The predicted octanol–water partition coefficient (Wildman–Crippen LogP) is 2.54. The molecule has 6 heteroatoms. The topological polar surface area (TPSA) is 63.2 Å². The van der Waals surface area contributed by atoms with Crippen molar-refractivity contribution in [3.05, 3.63) is 41.5 Å². The molecule has 0 bridgehead atoms. The van der Waals surface area contributed by atoms with E-state index in [1.165, 1.54) is 0 Å². The molecule has 0 saturated heterocycles. The van der Waals surface area contributed by atoms with Crippen molar-refractivity contribution >= 4 is 5.78 Å². The van der Waals surface area contributed by atoms with Crippen LogP contribution in [-0.2, 0) is 0 Å². The summed E-state index contributed by atoms with van der Waals surface area (Å²) in [6.07, 6.45) is -0.370. The van der Waals surface area contributed by atoms with Gasteiger partial charge in [0.05, 0.1) is 18.6 Å². The summed E-state index contributed by atoms with van der Waals surface area (Å²) in [6, 6.07) is 8.85. The van der Waals surface area contributed by atoms with Crippen LogP contribution in [0.4, 0.5) is 0 Å². The zero-order valence-corrected chi connectivity index (χ0v) is 12.9. The number of hydrogen-bond donors (Lipinski definition) is 0. The Morgan fingerprint density at radius 3 is 2.67 bits per heavy atom. The average Bonchev–Trinajstić information content (AvgIpc) is 3.06. The minimum atomic E-state index is -0.413. The molecule has 0 unspecified atom stereocenters. The quantitative estimate of drug-likeness (QED) is 0.802. The number of methoxy groups -OCH3 is 1. The molecule has 0 spiro atoms. The Hall–Kier alpha value is -2.89. The summed E-state index contributed by atoms with van der Waals surface area (Å²) >= 11 is 0. The third-order valence-electron chi connectivity index (χ3n) is 4.63. The van der Waals surface area contributed by atoms with Crippen molar-refractivity contribution in [3.8, 4) is 28.7 Å². The first-order valence-corrected chi connectivity index (χ1v) is 7.70. The second kappa shape index (κ2) is 4.80. The molecule has 0 saturated carbocycles. The highest BCUT2D eigenvalue weighted by Gasteiger charge is 2.43. The first kappa shape index (κ1) is 13.5. The molecule has 0 aromatic heterocycles. The number of rotatable bonds is 1. The molecule has 3 aliphatic rings. The van der Waals surface area contributed by atoms with Crippen molar-refractivity contribution in [1.29, 1.82) is 0 Å². The van der Waals surface area contributed by atoms with E-state index < -0.39 is 5.92 Å². The second-order valence-corrected chi connectivity index (χ2v) is 5.91. The summed E-state index contributed by atoms with van der Waals surface area (Å²) in [5, 5.41) is 0. The molecule has 0 amide bonds. The maximum atomic E-state index is 13.1. The zero-order valence-electron chi connectivity index (χ0n) is 12.9. The number of benzene rings is 2. The van der Waals surface area contributed by atoms with Crippen molar-refractivity contribution in [2.45, 2.75) is 12.0 Å². The van der Waals surface area contributed by atoms with Crippen molar-refractivity contribution in [2.75, 3.05) is 20.5 Å². The smallest absolute Gasteiger partial charge is 0.231 e. The Kier molecular flexibility index (Phi) is 2.71. The number of fused-ring (bicyclic) bond motifs is 5. The average molecular weight is 326 g/mol. The van der Waals surface area contributed by atoms with Gasteiger partial charge in [-0.05, 0) is 18.2 Å². The van der Waals surface area contributed by atoms with E-state index in [-0.39, 0.29) is 18.7 Å². The van der Waals surface area contributed by atoms with E-state index in [1.807, 2.05) is 6.07 Å². The van der Waals surface area contributed by atoms with E-state index in [4.69, 9.17) is 23.7 Å². The number of carbonyl (C=O) groups is 1. The molecule has 122 valence electrons. The zero-order chi connectivity index (χ0) is 16.3. The van der Waals surface area contributed by atoms with Crippen LogP contribution in [0.15, 0.2) is 30.3 Å². The van der Waals surface area contributed by atoms with Gasteiger partial charge in [-0.2, -0.15) is 0 Å². The summed E-state index contributed by atoms with van der Waals surface area (Å²) in [5.41, 5.74) is 1.34. The van der Waals surface area contributed by atoms with Gasteiger partial charge in [0.2, 0.25) is 6.79 Å². The van der Waals surface area contributed by atoms with Crippen molar-refractivity contribution in [3.63, 3.8) is 0 Å². The molecule has 2 aromatic carbocycles. The first-order chi connectivity index (χ1) is 11.7. The van der Waals surface area contributed by atoms with Gasteiger partial charge in [-0.25, -0.2) is 0 Å². The number of hydrogen-bond acceptors (Lipinski definition) is 6. The molecular formula is C18H14O6. The SMILES string of the molecule is COc1ccc2c(c1)O[C@@H]1COc3cc4c(cc3[C@@H]1C2=O)OCO4. The van der Waals surface area contributed by atoms with Gasteiger partial charge in [-0.15, -0.1) is 0 Å². The molecule has 5 rings (SSSR count). The fourth-order valence-electron chi connectivity index (χ4n) is 3.45. The van der Waals surface area contributed by atoms with Gasteiger partial charge < -0.3 is 23.7 Å². The number of ether oxygens (including phenoxy) is 5. The summed E-state index contributed by atoms with van der Waals surface area (Å²) in [5.74, 6) is 2.72. The third-order valence-corrected chi connectivity index (χ3v) is 4.63. The predicted molar refractivity (Wildman–Crippen MR) is 82.5 cm³/mol. The van der Waals surface area contributed by atoms with Crippen LogP contribution in [0, 0.1) is 0 Å². The lowest BCUT2D eigenvalue weighted by Crippen LogP contribution is -2.42. The highest BCUT2D eigenvalue weighted by atomic mass is 16.7. The maximum Gasteiger partial charge on any atom is 0.231 e. The number of carbonyl (C=O) groups excluding carboxylic acids is 1. The molecule has 24 heavy (non-hydrogen) atoms. The Labute approximate surface area is 137 Å².